The zero-order valence-electron chi connectivity index (χ0n) is 10.9. The number of likely N-dealkylation sites (tertiary alicyclic amines) is 1. The molecule has 98 valence electrons. The van der Waals surface area contributed by atoms with Gasteiger partial charge in [0.25, 0.3) is 0 Å². The van der Waals surface area contributed by atoms with E-state index in [2.05, 4.69) is 15.5 Å². The Balaban J connectivity index is 1.71. The highest BCUT2D eigenvalue weighted by Gasteiger charge is 2.26. The maximum absolute atomic E-state index is 11.3. The van der Waals surface area contributed by atoms with Crippen LogP contribution in [0.4, 0.5) is 0 Å². The highest BCUT2D eigenvalue weighted by atomic mass is 16.1. The topological polar surface area (TPSA) is 44.4 Å². The molecule has 0 aromatic carbocycles. The molecule has 4 heteroatoms. The number of nitrogens with one attached hydrogen (secondary N) is 2. The molecule has 17 heavy (non-hydrogen) atoms. The highest BCUT2D eigenvalue weighted by Crippen LogP contribution is 2.23. The van der Waals surface area contributed by atoms with Crippen LogP contribution in [0.2, 0.25) is 0 Å². The lowest BCUT2D eigenvalue weighted by Crippen LogP contribution is -2.49. The van der Waals surface area contributed by atoms with Crippen molar-refractivity contribution in [2.45, 2.75) is 38.1 Å². The van der Waals surface area contributed by atoms with Crippen LogP contribution < -0.4 is 10.6 Å². The van der Waals surface area contributed by atoms with E-state index in [1.165, 1.54) is 45.3 Å². The van der Waals surface area contributed by atoms with Crippen molar-refractivity contribution in [2.24, 2.45) is 5.92 Å². The van der Waals surface area contributed by atoms with Gasteiger partial charge in [0.2, 0.25) is 5.91 Å². The van der Waals surface area contributed by atoms with E-state index in [9.17, 15) is 4.79 Å². The van der Waals surface area contributed by atoms with Crippen LogP contribution in [0.1, 0.15) is 32.1 Å². The normalized spacial score (nSPS) is 27.9. The van der Waals surface area contributed by atoms with Crippen LogP contribution in [0, 0.1) is 5.92 Å². The van der Waals surface area contributed by atoms with Gasteiger partial charge in [-0.25, -0.2) is 0 Å². The van der Waals surface area contributed by atoms with Crippen molar-refractivity contribution in [3.8, 4) is 0 Å². The number of carbonyl (C=O) groups is 1. The molecule has 2 heterocycles. The maximum atomic E-state index is 11.3. The monoisotopic (exact) mass is 239 g/mol. The summed E-state index contributed by atoms with van der Waals surface area (Å²) < 4.78 is 0. The van der Waals surface area contributed by atoms with Gasteiger partial charge in [0.15, 0.2) is 0 Å². The van der Waals surface area contributed by atoms with Crippen molar-refractivity contribution >= 4 is 5.91 Å². The molecule has 4 nitrogen and oxygen atoms in total. The van der Waals surface area contributed by atoms with E-state index in [4.69, 9.17) is 0 Å². The molecule has 1 amide bonds. The Kier molecular flexibility index (Phi) is 4.80. The second-order valence-corrected chi connectivity index (χ2v) is 5.36. The van der Waals surface area contributed by atoms with Crippen LogP contribution in [0.3, 0.4) is 0 Å². The first-order chi connectivity index (χ1) is 8.29. The van der Waals surface area contributed by atoms with Gasteiger partial charge in [0.1, 0.15) is 0 Å². The maximum Gasteiger partial charge on any atom is 0.220 e. The molecule has 2 rings (SSSR count). The van der Waals surface area contributed by atoms with E-state index in [1.807, 2.05) is 0 Å². The first kappa shape index (κ1) is 12.8. The predicted molar refractivity (Wildman–Crippen MR) is 68.9 cm³/mol. The van der Waals surface area contributed by atoms with Crippen LogP contribution >= 0.6 is 0 Å². The molecular weight excluding hydrogens is 214 g/mol. The van der Waals surface area contributed by atoms with Crippen LogP contribution in [-0.2, 0) is 4.79 Å². The molecule has 0 spiro atoms. The summed E-state index contributed by atoms with van der Waals surface area (Å²) in [4.78, 5) is 13.9. The van der Waals surface area contributed by atoms with Gasteiger partial charge in [-0.2, -0.15) is 0 Å². The number of amides is 1. The summed E-state index contributed by atoms with van der Waals surface area (Å²) in [6.07, 6.45) is 5.73. The molecular formula is C13H25N3O. The molecule has 2 aliphatic rings. The third kappa shape index (κ3) is 3.68. The van der Waals surface area contributed by atoms with Gasteiger partial charge < -0.3 is 10.6 Å². The van der Waals surface area contributed by atoms with Crippen molar-refractivity contribution in [1.29, 1.82) is 0 Å². The summed E-state index contributed by atoms with van der Waals surface area (Å²) in [5.41, 5.74) is 0. The summed E-state index contributed by atoms with van der Waals surface area (Å²) in [5.74, 6) is 0.797. The van der Waals surface area contributed by atoms with Gasteiger partial charge >= 0.3 is 0 Å². The smallest absolute Gasteiger partial charge is 0.220 e. The summed E-state index contributed by atoms with van der Waals surface area (Å²) in [6, 6.07) is 0.740. The second kappa shape index (κ2) is 6.36. The average Bonchev–Trinajstić information content (AvgIpc) is 2.40. The Hall–Kier alpha value is -0.610. The minimum Gasteiger partial charge on any atom is -0.359 e. The fourth-order valence-corrected chi connectivity index (χ4v) is 3.03. The SMILES string of the molecule is CNC(=O)CC1CCN(C2CCCNC2)CC1. The molecule has 1 atom stereocenters. The quantitative estimate of drug-likeness (QED) is 0.757. The predicted octanol–water partition coefficient (Wildman–Crippen LogP) is 0.587. The lowest BCUT2D eigenvalue weighted by molar-refractivity contribution is -0.121. The summed E-state index contributed by atoms with van der Waals surface area (Å²) in [7, 11) is 1.73. The van der Waals surface area contributed by atoms with E-state index in [0.29, 0.717) is 12.3 Å². The van der Waals surface area contributed by atoms with Crippen LogP contribution in [-0.4, -0.2) is 50.1 Å². The lowest BCUT2D eigenvalue weighted by Gasteiger charge is -2.39. The Bertz CT molecular complexity index is 243. The Morgan fingerprint density at radius 3 is 2.71 bits per heavy atom. The molecule has 0 aliphatic carbocycles. The number of hydrogen-bond acceptors (Lipinski definition) is 3. The van der Waals surface area contributed by atoms with Crippen LogP contribution in [0.15, 0.2) is 0 Å². The number of carbonyl (C=O) groups excluding carboxylic acids is 1. The highest BCUT2D eigenvalue weighted by molar-refractivity contribution is 5.75. The second-order valence-electron chi connectivity index (χ2n) is 5.36. The van der Waals surface area contributed by atoms with Crippen molar-refractivity contribution in [3.63, 3.8) is 0 Å². The van der Waals surface area contributed by atoms with Gasteiger partial charge in [-0.05, 0) is 51.2 Å². The molecule has 0 radical (unpaired) electrons. The zero-order valence-corrected chi connectivity index (χ0v) is 10.9. The standard InChI is InChI=1S/C13H25N3O/c1-14-13(17)9-11-4-7-16(8-5-11)12-3-2-6-15-10-12/h11-12,15H,2-10H2,1H3,(H,14,17). The summed E-state index contributed by atoms with van der Waals surface area (Å²) >= 11 is 0. The van der Waals surface area contributed by atoms with E-state index < -0.39 is 0 Å². The van der Waals surface area contributed by atoms with Crippen molar-refractivity contribution in [1.82, 2.24) is 15.5 Å². The number of nitrogens with zero attached hydrogens (tertiary/aromatic N) is 1. The fraction of sp³-hybridized carbons (Fsp3) is 0.923. The van der Waals surface area contributed by atoms with Crippen molar-refractivity contribution < 1.29 is 4.79 Å². The largest absolute Gasteiger partial charge is 0.359 e. The van der Waals surface area contributed by atoms with E-state index in [1.54, 1.807) is 7.05 Å². The van der Waals surface area contributed by atoms with E-state index in [0.717, 1.165) is 12.6 Å². The molecule has 0 aromatic heterocycles. The zero-order chi connectivity index (χ0) is 12.1. The lowest BCUT2D eigenvalue weighted by atomic mass is 9.91. The minimum atomic E-state index is 0.197. The van der Waals surface area contributed by atoms with Crippen LogP contribution in [0.5, 0.6) is 0 Å². The molecule has 1 unspecified atom stereocenters. The molecule has 2 aliphatic heterocycles. The first-order valence-electron chi connectivity index (χ1n) is 6.95. The minimum absolute atomic E-state index is 0.197. The molecule has 2 fully saturated rings. The van der Waals surface area contributed by atoms with Gasteiger partial charge in [-0.3, -0.25) is 9.69 Å². The third-order valence-electron chi connectivity index (χ3n) is 4.19. The van der Waals surface area contributed by atoms with E-state index in [-0.39, 0.29) is 5.91 Å². The Labute approximate surface area is 104 Å². The summed E-state index contributed by atoms with van der Waals surface area (Å²) in [6.45, 7) is 4.69. The van der Waals surface area contributed by atoms with Crippen LogP contribution in [0.25, 0.3) is 0 Å². The van der Waals surface area contributed by atoms with Gasteiger partial charge in [-0.1, -0.05) is 0 Å². The van der Waals surface area contributed by atoms with Gasteiger partial charge in [0.05, 0.1) is 0 Å². The van der Waals surface area contributed by atoms with Crippen molar-refractivity contribution in [3.05, 3.63) is 0 Å². The molecule has 0 saturated carbocycles. The van der Waals surface area contributed by atoms with Gasteiger partial charge in [-0.15, -0.1) is 0 Å². The van der Waals surface area contributed by atoms with Crippen molar-refractivity contribution in [2.75, 3.05) is 33.2 Å². The molecule has 0 aromatic rings. The average molecular weight is 239 g/mol. The molecule has 2 saturated heterocycles. The Morgan fingerprint density at radius 1 is 1.35 bits per heavy atom. The number of rotatable bonds is 3. The summed E-state index contributed by atoms with van der Waals surface area (Å²) in [5, 5.41) is 6.20. The number of piperidine rings is 2. The van der Waals surface area contributed by atoms with E-state index >= 15 is 0 Å². The number of hydrogen-bond donors (Lipinski definition) is 2. The molecule has 0 bridgehead atoms. The fourth-order valence-electron chi connectivity index (χ4n) is 3.03. The Morgan fingerprint density at radius 2 is 2.12 bits per heavy atom. The first-order valence-corrected chi connectivity index (χ1v) is 6.95. The molecule has 2 N–H and O–H groups in total. The third-order valence-corrected chi connectivity index (χ3v) is 4.19. The van der Waals surface area contributed by atoms with Gasteiger partial charge in [0, 0.05) is 26.1 Å².